The predicted molar refractivity (Wildman–Crippen MR) is 121 cm³/mol. The summed E-state index contributed by atoms with van der Waals surface area (Å²) in [5.41, 5.74) is 0. The minimum atomic E-state index is -0.168. The van der Waals surface area contributed by atoms with Gasteiger partial charge in [-0.2, -0.15) is 0 Å². The highest BCUT2D eigenvalue weighted by atomic mass is 127. The van der Waals surface area contributed by atoms with E-state index in [1.165, 1.54) is 18.3 Å². The first-order chi connectivity index (χ1) is 13.3. The average molecular weight is 481 g/mol. The van der Waals surface area contributed by atoms with Crippen LogP contribution in [-0.4, -0.2) is 0 Å². The normalized spacial score (nSPS) is 10.7. The van der Waals surface area contributed by atoms with Crippen molar-refractivity contribution in [3.05, 3.63) is 113 Å². The fourth-order valence-electron chi connectivity index (χ4n) is 2.82. The standard InChI is InChI=1S/C24H18IOS/c25-19-14-16-20(17-15-19)26-21-8-7-13-24(18-21)27(22-9-3-1-4-10-22)23-11-5-2-6-12-23/h1-18H/q+1. The summed E-state index contributed by atoms with van der Waals surface area (Å²) < 4.78 is 7.29. The van der Waals surface area contributed by atoms with Gasteiger partial charge in [-0.15, -0.1) is 0 Å². The van der Waals surface area contributed by atoms with Gasteiger partial charge >= 0.3 is 0 Å². The van der Waals surface area contributed by atoms with Crippen LogP contribution in [-0.2, 0) is 10.9 Å². The summed E-state index contributed by atoms with van der Waals surface area (Å²) >= 11 is 2.30. The number of benzene rings is 4. The van der Waals surface area contributed by atoms with Crippen LogP contribution in [0.5, 0.6) is 11.5 Å². The minimum Gasteiger partial charge on any atom is -0.457 e. The van der Waals surface area contributed by atoms with E-state index in [9.17, 15) is 0 Å². The maximum atomic E-state index is 6.10. The first-order valence-corrected chi connectivity index (χ1v) is 11.0. The Hall–Kier alpha value is -2.24. The number of halogens is 1. The highest BCUT2D eigenvalue weighted by Crippen LogP contribution is 2.33. The van der Waals surface area contributed by atoms with Gasteiger partial charge in [0.2, 0.25) is 0 Å². The molecule has 0 aliphatic carbocycles. The lowest BCUT2D eigenvalue weighted by Crippen LogP contribution is -2.04. The Labute approximate surface area is 176 Å². The molecular formula is C24H18IOS+. The average Bonchev–Trinajstić information content (AvgIpc) is 2.72. The van der Waals surface area contributed by atoms with Crippen molar-refractivity contribution < 1.29 is 4.74 Å². The van der Waals surface area contributed by atoms with Gasteiger partial charge in [-0.1, -0.05) is 42.5 Å². The van der Waals surface area contributed by atoms with Gasteiger partial charge in [-0.25, -0.2) is 0 Å². The number of hydrogen-bond acceptors (Lipinski definition) is 1. The van der Waals surface area contributed by atoms with Gasteiger partial charge in [0, 0.05) is 9.64 Å². The summed E-state index contributed by atoms with van der Waals surface area (Å²) in [6.45, 7) is 0. The van der Waals surface area contributed by atoms with Crippen molar-refractivity contribution in [1.29, 1.82) is 0 Å². The lowest BCUT2D eigenvalue weighted by atomic mass is 10.3. The maximum Gasteiger partial charge on any atom is 0.170 e. The van der Waals surface area contributed by atoms with Crippen molar-refractivity contribution in [3.63, 3.8) is 0 Å². The first kappa shape index (κ1) is 18.1. The van der Waals surface area contributed by atoms with Gasteiger partial charge in [0.25, 0.3) is 0 Å². The van der Waals surface area contributed by atoms with E-state index in [4.69, 9.17) is 4.74 Å². The van der Waals surface area contributed by atoms with E-state index < -0.39 is 0 Å². The van der Waals surface area contributed by atoms with E-state index in [1.807, 2.05) is 18.2 Å². The molecule has 0 fully saturated rings. The molecule has 0 aliphatic heterocycles. The van der Waals surface area contributed by atoms with Crippen molar-refractivity contribution in [2.45, 2.75) is 14.7 Å². The monoisotopic (exact) mass is 481 g/mol. The van der Waals surface area contributed by atoms with Crippen LogP contribution in [0, 0.1) is 3.57 Å². The molecule has 1 nitrogen and oxygen atoms in total. The maximum absolute atomic E-state index is 6.10. The van der Waals surface area contributed by atoms with Crippen LogP contribution >= 0.6 is 22.6 Å². The second-order valence-electron chi connectivity index (χ2n) is 5.96. The van der Waals surface area contributed by atoms with Crippen LogP contribution in [0.25, 0.3) is 0 Å². The van der Waals surface area contributed by atoms with E-state index in [2.05, 4.69) is 114 Å². The van der Waals surface area contributed by atoms with Gasteiger partial charge in [0.1, 0.15) is 11.5 Å². The molecule has 4 rings (SSSR count). The summed E-state index contributed by atoms with van der Waals surface area (Å²) in [7, 11) is -0.168. The molecule has 4 aromatic rings. The van der Waals surface area contributed by atoms with Crippen LogP contribution in [0.4, 0.5) is 0 Å². The summed E-state index contributed by atoms with van der Waals surface area (Å²) in [6.07, 6.45) is 0. The molecule has 4 aromatic carbocycles. The highest BCUT2D eigenvalue weighted by Gasteiger charge is 2.28. The van der Waals surface area contributed by atoms with Crippen LogP contribution in [0.1, 0.15) is 0 Å². The Balaban J connectivity index is 1.71. The smallest absolute Gasteiger partial charge is 0.170 e. The fraction of sp³-hybridized carbons (Fsp3) is 0. The quantitative estimate of drug-likeness (QED) is 0.217. The Kier molecular flexibility index (Phi) is 5.80. The molecular weight excluding hydrogens is 463 g/mol. The van der Waals surface area contributed by atoms with Crippen molar-refractivity contribution in [1.82, 2.24) is 0 Å². The van der Waals surface area contributed by atoms with Crippen molar-refractivity contribution in [3.8, 4) is 11.5 Å². The van der Waals surface area contributed by atoms with Gasteiger partial charge in [0.15, 0.2) is 14.7 Å². The van der Waals surface area contributed by atoms with Crippen LogP contribution in [0.15, 0.2) is 124 Å². The molecule has 0 unspecified atom stereocenters. The second-order valence-corrected chi connectivity index (χ2v) is 9.24. The SMILES string of the molecule is Ic1ccc(Oc2cccc([S+](c3ccccc3)c3ccccc3)c2)cc1. The lowest BCUT2D eigenvalue weighted by Gasteiger charge is -2.10. The molecule has 0 aliphatic rings. The van der Waals surface area contributed by atoms with E-state index in [-0.39, 0.29) is 10.9 Å². The minimum absolute atomic E-state index is 0.168. The molecule has 0 saturated heterocycles. The van der Waals surface area contributed by atoms with Gasteiger partial charge in [0.05, 0.1) is 10.9 Å². The van der Waals surface area contributed by atoms with Crippen molar-refractivity contribution >= 4 is 33.5 Å². The summed E-state index contributed by atoms with van der Waals surface area (Å²) in [5, 5.41) is 0. The Morgan fingerprint density at radius 2 is 1.07 bits per heavy atom. The number of rotatable bonds is 5. The van der Waals surface area contributed by atoms with E-state index in [1.54, 1.807) is 0 Å². The lowest BCUT2D eigenvalue weighted by molar-refractivity contribution is 0.481. The van der Waals surface area contributed by atoms with Gasteiger partial charge in [-0.05, 0) is 83.3 Å². The third-order valence-corrected chi connectivity index (χ3v) is 6.98. The molecule has 0 radical (unpaired) electrons. The topological polar surface area (TPSA) is 9.23 Å². The molecule has 0 spiro atoms. The fourth-order valence-corrected chi connectivity index (χ4v) is 5.31. The Morgan fingerprint density at radius 1 is 0.519 bits per heavy atom. The molecule has 0 aromatic heterocycles. The van der Waals surface area contributed by atoms with Crippen molar-refractivity contribution in [2.24, 2.45) is 0 Å². The molecule has 0 N–H and O–H groups in total. The van der Waals surface area contributed by atoms with Crippen molar-refractivity contribution in [2.75, 3.05) is 0 Å². The predicted octanol–water partition coefficient (Wildman–Crippen LogP) is 7.18. The second kappa shape index (κ2) is 8.63. The Bertz CT molecular complexity index is 962. The molecule has 27 heavy (non-hydrogen) atoms. The van der Waals surface area contributed by atoms with Gasteiger partial charge < -0.3 is 4.74 Å². The van der Waals surface area contributed by atoms with E-state index in [0.717, 1.165) is 11.5 Å². The first-order valence-electron chi connectivity index (χ1n) is 8.67. The third-order valence-electron chi connectivity index (χ3n) is 4.05. The Morgan fingerprint density at radius 3 is 1.67 bits per heavy atom. The van der Waals surface area contributed by atoms with E-state index >= 15 is 0 Å². The molecule has 0 atom stereocenters. The van der Waals surface area contributed by atoms with Gasteiger partial charge in [-0.3, -0.25) is 0 Å². The van der Waals surface area contributed by atoms with E-state index in [0.29, 0.717) is 0 Å². The third kappa shape index (κ3) is 4.54. The zero-order valence-electron chi connectivity index (χ0n) is 14.6. The summed E-state index contributed by atoms with van der Waals surface area (Å²) in [6, 6.07) is 37.9. The number of ether oxygens (including phenoxy) is 1. The van der Waals surface area contributed by atoms with Crippen LogP contribution in [0.2, 0.25) is 0 Å². The highest BCUT2D eigenvalue weighted by molar-refractivity contribution is 14.1. The molecule has 0 saturated carbocycles. The summed E-state index contributed by atoms with van der Waals surface area (Å²) in [4.78, 5) is 3.85. The molecule has 0 amide bonds. The molecule has 0 bridgehead atoms. The number of hydrogen-bond donors (Lipinski definition) is 0. The zero-order valence-corrected chi connectivity index (χ0v) is 17.6. The molecule has 0 heterocycles. The zero-order chi connectivity index (χ0) is 18.5. The molecule has 132 valence electrons. The van der Waals surface area contributed by atoms with Crippen LogP contribution < -0.4 is 4.74 Å². The largest absolute Gasteiger partial charge is 0.457 e. The van der Waals surface area contributed by atoms with Crippen LogP contribution in [0.3, 0.4) is 0 Å². The molecule has 3 heteroatoms. The summed E-state index contributed by atoms with van der Waals surface area (Å²) in [5.74, 6) is 1.71.